The van der Waals surface area contributed by atoms with Crippen LogP contribution in [0.3, 0.4) is 0 Å². The van der Waals surface area contributed by atoms with Crippen molar-refractivity contribution in [1.29, 1.82) is 0 Å². The largest absolute Gasteiger partial charge is 0.495 e. The Labute approximate surface area is 120 Å². The van der Waals surface area contributed by atoms with Crippen LogP contribution in [0.4, 0.5) is 0 Å². The van der Waals surface area contributed by atoms with E-state index in [4.69, 9.17) is 4.74 Å². The summed E-state index contributed by atoms with van der Waals surface area (Å²) in [5.41, 5.74) is 0. The van der Waals surface area contributed by atoms with E-state index >= 15 is 0 Å². The van der Waals surface area contributed by atoms with Crippen LogP contribution in [0, 0.1) is 0 Å². The number of hydrogen-bond donors (Lipinski definition) is 2. The molecule has 0 spiro atoms. The van der Waals surface area contributed by atoms with Crippen molar-refractivity contribution in [2.45, 2.75) is 23.8 Å². The topological polar surface area (TPSA) is 67.4 Å². The lowest BCUT2D eigenvalue weighted by atomic mass is 10.1. The zero-order valence-corrected chi connectivity index (χ0v) is 12.4. The Morgan fingerprint density at radius 1 is 1.26 bits per heavy atom. The molecule has 7 heteroatoms. The van der Waals surface area contributed by atoms with Crippen LogP contribution in [0.5, 0.6) is 5.75 Å². The summed E-state index contributed by atoms with van der Waals surface area (Å²) in [6, 6.07) is 6.65. The van der Waals surface area contributed by atoms with Crippen LogP contribution in [0.2, 0.25) is 0 Å². The van der Waals surface area contributed by atoms with Crippen LogP contribution in [0.25, 0.3) is 0 Å². The van der Waals surface area contributed by atoms with Gasteiger partial charge in [0.1, 0.15) is 10.6 Å². The highest BCUT2D eigenvalue weighted by molar-refractivity contribution is 7.89. The third-order valence-electron chi connectivity index (χ3n) is 3.02. The molecule has 0 aliphatic carbocycles. The van der Waals surface area contributed by atoms with Crippen molar-refractivity contribution in [2.75, 3.05) is 20.2 Å². The molecule has 1 heterocycles. The number of hydrogen-bond acceptors (Lipinski definition) is 4. The van der Waals surface area contributed by atoms with Gasteiger partial charge in [-0.05, 0) is 38.1 Å². The number of benzene rings is 1. The van der Waals surface area contributed by atoms with Gasteiger partial charge in [-0.25, -0.2) is 13.1 Å². The molecule has 1 aromatic rings. The summed E-state index contributed by atoms with van der Waals surface area (Å²) in [6.07, 6.45) is 1.63. The molecule has 0 unspecified atom stereocenters. The van der Waals surface area contributed by atoms with Gasteiger partial charge in [-0.2, -0.15) is 0 Å². The highest BCUT2D eigenvalue weighted by Gasteiger charge is 2.24. The van der Waals surface area contributed by atoms with Crippen LogP contribution < -0.4 is 14.8 Å². The van der Waals surface area contributed by atoms with E-state index in [-0.39, 0.29) is 23.3 Å². The molecule has 0 amide bonds. The monoisotopic (exact) mass is 306 g/mol. The summed E-state index contributed by atoms with van der Waals surface area (Å²) in [5.74, 6) is 0.374. The Morgan fingerprint density at radius 2 is 1.89 bits per heavy atom. The Balaban J connectivity index is 0.00000180. The molecule has 2 rings (SSSR count). The minimum atomic E-state index is -3.51. The number of methoxy groups -OCH3 is 1. The van der Waals surface area contributed by atoms with Crippen LogP contribution in [-0.2, 0) is 10.0 Å². The first-order valence-electron chi connectivity index (χ1n) is 5.99. The fraction of sp³-hybridized carbons (Fsp3) is 0.500. The molecule has 19 heavy (non-hydrogen) atoms. The van der Waals surface area contributed by atoms with E-state index in [0.29, 0.717) is 5.75 Å². The average Bonchev–Trinajstić information content (AvgIpc) is 2.39. The van der Waals surface area contributed by atoms with Gasteiger partial charge in [0, 0.05) is 6.04 Å². The summed E-state index contributed by atoms with van der Waals surface area (Å²) in [5, 5.41) is 3.20. The number of para-hydroxylation sites is 1. The van der Waals surface area contributed by atoms with Gasteiger partial charge in [0.05, 0.1) is 7.11 Å². The minimum Gasteiger partial charge on any atom is -0.495 e. The quantitative estimate of drug-likeness (QED) is 0.875. The van der Waals surface area contributed by atoms with Gasteiger partial charge in [-0.3, -0.25) is 0 Å². The van der Waals surface area contributed by atoms with Crippen molar-refractivity contribution in [3.8, 4) is 5.75 Å². The summed E-state index contributed by atoms with van der Waals surface area (Å²) in [4.78, 5) is 0.200. The number of rotatable bonds is 4. The van der Waals surface area contributed by atoms with E-state index in [1.165, 1.54) is 7.11 Å². The SMILES string of the molecule is COc1ccccc1S(=O)(=O)NC1CCNCC1.Cl. The lowest BCUT2D eigenvalue weighted by Gasteiger charge is -2.23. The van der Waals surface area contributed by atoms with Crippen molar-refractivity contribution in [1.82, 2.24) is 10.0 Å². The summed E-state index contributed by atoms with van der Waals surface area (Å²) in [6.45, 7) is 1.69. The van der Waals surface area contributed by atoms with E-state index in [1.54, 1.807) is 24.3 Å². The number of nitrogens with one attached hydrogen (secondary N) is 2. The lowest BCUT2D eigenvalue weighted by Crippen LogP contribution is -2.42. The Hall–Kier alpha value is -0.820. The second-order valence-electron chi connectivity index (χ2n) is 4.30. The molecule has 0 radical (unpaired) electrons. The maximum Gasteiger partial charge on any atom is 0.244 e. The normalized spacial score (nSPS) is 16.7. The summed E-state index contributed by atoms with van der Waals surface area (Å²) in [7, 11) is -2.03. The number of ether oxygens (including phenoxy) is 1. The molecule has 0 atom stereocenters. The zero-order valence-electron chi connectivity index (χ0n) is 10.8. The summed E-state index contributed by atoms with van der Waals surface area (Å²) >= 11 is 0. The van der Waals surface area contributed by atoms with Gasteiger partial charge in [0.15, 0.2) is 0 Å². The number of sulfonamides is 1. The van der Waals surface area contributed by atoms with E-state index in [0.717, 1.165) is 25.9 Å². The van der Waals surface area contributed by atoms with Crippen molar-refractivity contribution in [3.05, 3.63) is 24.3 Å². The van der Waals surface area contributed by atoms with Crippen LogP contribution in [0.1, 0.15) is 12.8 Å². The van der Waals surface area contributed by atoms with E-state index < -0.39 is 10.0 Å². The zero-order chi connectivity index (χ0) is 13.0. The molecule has 1 aliphatic heterocycles. The molecule has 0 bridgehead atoms. The van der Waals surface area contributed by atoms with Gasteiger partial charge in [-0.15, -0.1) is 12.4 Å². The fourth-order valence-corrected chi connectivity index (χ4v) is 3.54. The molecular weight excluding hydrogens is 288 g/mol. The average molecular weight is 307 g/mol. The van der Waals surface area contributed by atoms with E-state index in [2.05, 4.69) is 10.0 Å². The molecule has 108 valence electrons. The molecule has 1 aromatic carbocycles. The maximum absolute atomic E-state index is 12.3. The highest BCUT2D eigenvalue weighted by Crippen LogP contribution is 2.23. The molecule has 2 N–H and O–H groups in total. The first-order chi connectivity index (χ1) is 8.63. The molecule has 5 nitrogen and oxygen atoms in total. The fourth-order valence-electron chi connectivity index (χ4n) is 2.06. The standard InChI is InChI=1S/C12H18N2O3S.ClH/c1-17-11-4-2-3-5-12(11)18(15,16)14-10-6-8-13-9-7-10;/h2-5,10,13-14H,6-9H2,1H3;1H. The van der Waals surface area contributed by atoms with Crippen molar-refractivity contribution in [3.63, 3.8) is 0 Å². The molecule has 0 saturated carbocycles. The lowest BCUT2D eigenvalue weighted by molar-refractivity contribution is 0.399. The van der Waals surface area contributed by atoms with Crippen molar-refractivity contribution in [2.24, 2.45) is 0 Å². The van der Waals surface area contributed by atoms with E-state index in [9.17, 15) is 8.42 Å². The second kappa shape index (κ2) is 7.09. The molecule has 1 fully saturated rings. The van der Waals surface area contributed by atoms with Crippen molar-refractivity contribution < 1.29 is 13.2 Å². The number of halogens is 1. The molecular formula is C12H19ClN2O3S. The number of piperidine rings is 1. The van der Waals surface area contributed by atoms with Gasteiger partial charge in [0.25, 0.3) is 0 Å². The summed E-state index contributed by atoms with van der Waals surface area (Å²) < 4.78 is 32.4. The predicted octanol–water partition coefficient (Wildman–Crippen LogP) is 1.15. The van der Waals surface area contributed by atoms with Gasteiger partial charge in [0.2, 0.25) is 10.0 Å². The molecule has 0 aromatic heterocycles. The third-order valence-corrected chi connectivity index (χ3v) is 4.58. The first-order valence-corrected chi connectivity index (χ1v) is 7.48. The Bertz CT molecular complexity index is 501. The van der Waals surface area contributed by atoms with Crippen molar-refractivity contribution >= 4 is 22.4 Å². The smallest absolute Gasteiger partial charge is 0.244 e. The Kier molecular flexibility index (Phi) is 6.06. The van der Waals surface area contributed by atoms with Gasteiger partial charge in [-0.1, -0.05) is 12.1 Å². The van der Waals surface area contributed by atoms with Crippen LogP contribution >= 0.6 is 12.4 Å². The molecule has 1 saturated heterocycles. The predicted molar refractivity (Wildman–Crippen MR) is 76.5 cm³/mol. The van der Waals surface area contributed by atoms with Crippen LogP contribution in [-0.4, -0.2) is 34.7 Å². The minimum absolute atomic E-state index is 0. The third kappa shape index (κ3) is 4.07. The van der Waals surface area contributed by atoms with Gasteiger partial charge >= 0.3 is 0 Å². The highest BCUT2D eigenvalue weighted by atomic mass is 35.5. The second-order valence-corrected chi connectivity index (χ2v) is 5.98. The van der Waals surface area contributed by atoms with E-state index in [1.807, 2.05) is 0 Å². The molecule has 1 aliphatic rings. The maximum atomic E-state index is 12.3. The van der Waals surface area contributed by atoms with Crippen LogP contribution in [0.15, 0.2) is 29.2 Å². The Morgan fingerprint density at radius 3 is 2.53 bits per heavy atom. The first kappa shape index (κ1) is 16.2. The van der Waals surface area contributed by atoms with Gasteiger partial charge < -0.3 is 10.1 Å².